The third-order valence-electron chi connectivity index (χ3n) is 3.93. The number of hydrogen-bond donors (Lipinski definition) is 0. The van der Waals surface area contributed by atoms with Gasteiger partial charge in [0.25, 0.3) is 0 Å². The summed E-state index contributed by atoms with van der Waals surface area (Å²) in [4.78, 5) is 27.3. The van der Waals surface area contributed by atoms with Crippen LogP contribution in [0, 0.1) is 6.92 Å². The summed E-state index contributed by atoms with van der Waals surface area (Å²) in [5.41, 5.74) is 2.83. The first-order valence-electron chi connectivity index (χ1n) is 8.14. The van der Waals surface area contributed by atoms with E-state index in [1.165, 1.54) is 31.8 Å². The minimum absolute atomic E-state index is 0.0898. The number of nitrogens with zero attached hydrogens (tertiary/aromatic N) is 2. The van der Waals surface area contributed by atoms with E-state index in [1.807, 2.05) is 37.3 Å². The molecule has 138 valence electrons. The molecule has 6 nitrogen and oxygen atoms in total. The summed E-state index contributed by atoms with van der Waals surface area (Å²) >= 11 is 1.41. The second-order valence-electron chi connectivity index (χ2n) is 5.70. The highest BCUT2D eigenvalue weighted by atomic mass is 32.1. The Kier molecular flexibility index (Phi) is 5.52. The lowest BCUT2D eigenvalue weighted by molar-refractivity contribution is -0.139. The van der Waals surface area contributed by atoms with E-state index < -0.39 is 11.9 Å². The number of methoxy groups -OCH3 is 2. The molecule has 2 heterocycles. The van der Waals surface area contributed by atoms with Crippen molar-refractivity contribution < 1.29 is 19.1 Å². The highest BCUT2D eigenvalue weighted by Gasteiger charge is 2.27. The zero-order valence-corrected chi connectivity index (χ0v) is 15.9. The summed E-state index contributed by atoms with van der Waals surface area (Å²) < 4.78 is 14.1. The molecule has 0 atom stereocenters. The van der Waals surface area contributed by atoms with Crippen molar-refractivity contribution in [1.82, 2.24) is 4.37 Å². The number of allylic oxidation sites excluding steroid dienone is 2. The van der Waals surface area contributed by atoms with Gasteiger partial charge < -0.3 is 14.4 Å². The van der Waals surface area contributed by atoms with Gasteiger partial charge in [0.15, 0.2) is 0 Å². The zero-order valence-electron chi connectivity index (χ0n) is 15.1. The highest BCUT2D eigenvalue weighted by molar-refractivity contribution is 7.09. The first-order valence-corrected chi connectivity index (χ1v) is 8.91. The number of carbonyl (C=O) groups is 2. The molecular formula is C20H18N2O4S. The van der Waals surface area contributed by atoms with Crippen molar-refractivity contribution in [3.05, 3.63) is 71.7 Å². The molecule has 0 N–H and O–H groups in total. The van der Waals surface area contributed by atoms with Gasteiger partial charge in [0.2, 0.25) is 0 Å². The number of rotatable bonds is 4. The van der Waals surface area contributed by atoms with Crippen LogP contribution in [0.4, 0.5) is 5.69 Å². The van der Waals surface area contributed by atoms with Gasteiger partial charge in [0, 0.05) is 11.9 Å². The van der Waals surface area contributed by atoms with Crippen molar-refractivity contribution in [3.8, 4) is 10.4 Å². The van der Waals surface area contributed by atoms with Crippen LogP contribution in [0.5, 0.6) is 0 Å². The molecule has 2 aromatic rings. The van der Waals surface area contributed by atoms with Gasteiger partial charge in [-0.3, -0.25) is 0 Å². The Morgan fingerprint density at radius 2 is 1.85 bits per heavy atom. The summed E-state index contributed by atoms with van der Waals surface area (Å²) in [5, 5.41) is 0. The smallest absolute Gasteiger partial charge is 0.355 e. The molecule has 27 heavy (non-hydrogen) atoms. The molecule has 0 bridgehead atoms. The predicted octanol–water partition coefficient (Wildman–Crippen LogP) is 3.61. The van der Waals surface area contributed by atoms with Crippen LogP contribution in [0.25, 0.3) is 10.4 Å². The van der Waals surface area contributed by atoms with Gasteiger partial charge in [-0.2, -0.15) is 4.37 Å². The topological polar surface area (TPSA) is 68.7 Å². The van der Waals surface area contributed by atoms with Crippen LogP contribution in [0.1, 0.15) is 5.69 Å². The molecule has 7 heteroatoms. The Balaban J connectivity index is 2.13. The lowest BCUT2D eigenvalue weighted by Gasteiger charge is -2.23. The summed E-state index contributed by atoms with van der Waals surface area (Å²) in [7, 11) is 2.55. The van der Waals surface area contributed by atoms with Crippen LogP contribution < -0.4 is 4.90 Å². The average molecular weight is 382 g/mol. The molecule has 0 saturated carbocycles. The van der Waals surface area contributed by atoms with E-state index in [0.29, 0.717) is 5.69 Å². The molecule has 3 rings (SSSR count). The highest BCUT2D eigenvalue weighted by Crippen LogP contribution is 2.31. The molecule has 0 fully saturated rings. The maximum atomic E-state index is 12.5. The maximum absolute atomic E-state index is 12.5. The Labute approximate surface area is 161 Å². The largest absolute Gasteiger partial charge is 0.465 e. The van der Waals surface area contributed by atoms with E-state index >= 15 is 0 Å². The first-order chi connectivity index (χ1) is 13.0. The molecular weight excluding hydrogens is 364 g/mol. The number of aryl methyl sites for hydroxylation is 1. The quantitative estimate of drug-likeness (QED) is 0.753. The zero-order chi connectivity index (χ0) is 19.4. The van der Waals surface area contributed by atoms with Crippen molar-refractivity contribution >= 4 is 29.2 Å². The van der Waals surface area contributed by atoms with Gasteiger partial charge in [0.1, 0.15) is 5.70 Å². The van der Waals surface area contributed by atoms with Crippen LogP contribution in [0.2, 0.25) is 0 Å². The number of anilines is 1. The predicted molar refractivity (Wildman–Crippen MR) is 104 cm³/mol. The summed E-state index contributed by atoms with van der Waals surface area (Å²) in [5.74, 6) is -1.25. The monoisotopic (exact) mass is 382 g/mol. The minimum atomic E-state index is -0.634. The van der Waals surface area contributed by atoms with Gasteiger partial charge in [-0.05, 0) is 54.4 Å². The fourth-order valence-electron chi connectivity index (χ4n) is 2.67. The normalized spacial score (nSPS) is 13.5. The standard InChI is InChI=1S/C20H18N2O4S/c1-13-11-17(27-21-13)14-7-6-8-15(12-14)22-10-5-4-9-16(19(23)25-2)18(22)20(24)26-3/h4-12H,1-3H3. The van der Waals surface area contributed by atoms with Crippen molar-refractivity contribution in [2.75, 3.05) is 19.1 Å². The molecule has 0 spiro atoms. The van der Waals surface area contributed by atoms with E-state index in [-0.39, 0.29) is 11.3 Å². The SMILES string of the molecule is COC(=O)C1=C(C(=O)OC)N(c2cccc(-c3cc(C)ns3)c2)C=CC=C1. The van der Waals surface area contributed by atoms with Gasteiger partial charge in [-0.15, -0.1) is 0 Å². The first kappa shape index (κ1) is 18.6. The second-order valence-corrected chi connectivity index (χ2v) is 6.50. The minimum Gasteiger partial charge on any atom is -0.465 e. The van der Waals surface area contributed by atoms with Crippen LogP contribution in [0.15, 0.2) is 66.0 Å². The molecule has 1 aromatic heterocycles. The van der Waals surface area contributed by atoms with E-state index in [1.54, 1.807) is 23.3 Å². The van der Waals surface area contributed by atoms with Crippen LogP contribution in [0.3, 0.4) is 0 Å². The lowest BCUT2D eigenvalue weighted by Crippen LogP contribution is -2.26. The summed E-state index contributed by atoms with van der Waals surface area (Å²) in [6.07, 6.45) is 6.65. The number of ether oxygens (including phenoxy) is 2. The molecule has 1 aliphatic rings. The molecule has 1 aliphatic heterocycles. The molecule has 0 aliphatic carbocycles. The number of hydrogen-bond acceptors (Lipinski definition) is 7. The van der Waals surface area contributed by atoms with Crippen molar-refractivity contribution in [1.29, 1.82) is 0 Å². The van der Waals surface area contributed by atoms with E-state index in [2.05, 4.69) is 4.37 Å². The number of carbonyl (C=O) groups excluding carboxylic acids is 2. The molecule has 0 amide bonds. The third-order valence-corrected chi connectivity index (χ3v) is 4.86. The Morgan fingerprint density at radius 1 is 1.07 bits per heavy atom. The Bertz CT molecular complexity index is 972. The van der Waals surface area contributed by atoms with Crippen LogP contribution in [-0.2, 0) is 19.1 Å². The van der Waals surface area contributed by atoms with E-state index in [4.69, 9.17) is 9.47 Å². The number of benzene rings is 1. The molecule has 0 saturated heterocycles. The summed E-state index contributed by atoms with van der Waals surface area (Å²) in [6.45, 7) is 1.94. The van der Waals surface area contributed by atoms with Crippen molar-refractivity contribution in [2.24, 2.45) is 0 Å². The number of aromatic nitrogens is 1. The van der Waals surface area contributed by atoms with E-state index in [9.17, 15) is 9.59 Å². The van der Waals surface area contributed by atoms with Crippen molar-refractivity contribution in [3.63, 3.8) is 0 Å². The van der Waals surface area contributed by atoms with Gasteiger partial charge in [-0.25, -0.2) is 9.59 Å². The fourth-order valence-corrected chi connectivity index (χ4v) is 3.42. The van der Waals surface area contributed by atoms with Crippen LogP contribution in [-0.4, -0.2) is 30.5 Å². The Hall–Kier alpha value is -3.19. The van der Waals surface area contributed by atoms with Gasteiger partial charge >= 0.3 is 11.9 Å². The third kappa shape index (κ3) is 3.83. The Morgan fingerprint density at radius 3 is 2.52 bits per heavy atom. The summed E-state index contributed by atoms with van der Waals surface area (Å²) in [6, 6.07) is 9.64. The maximum Gasteiger partial charge on any atom is 0.355 e. The van der Waals surface area contributed by atoms with E-state index in [0.717, 1.165) is 16.1 Å². The molecule has 0 unspecified atom stereocenters. The second kappa shape index (κ2) is 8.01. The number of esters is 2. The van der Waals surface area contributed by atoms with Gasteiger partial charge in [-0.1, -0.05) is 18.2 Å². The van der Waals surface area contributed by atoms with Gasteiger partial charge in [0.05, 0.1) is 30.4 Å². The van der Waals surface area contributed by atoms with Crippen molar-refractivity contribution in [2.45, 2.75) is 6.92 Å². The molecule has 0 radical (unpaired) electrons. The average Bonchev–Trinajstić information content (AvgIpc) is 3.01. The fraction of sp³-hybridized carbons (Fsp3) is 0.150. The molecule has 1 aromatic carbocycles. The lowest BCUT2D eigenvalue weighted by atomic mass is 10.1. The van der Waals surface area contributed by atoms with Crippen LogP contribution >= 0.6 is 11.5 Å².